The van der Waals surface area contributed by atoms with Crippen molar-refractivity contribution < 1.29 is 5.11 Å². The average Bonchev–Trinajstić information content (AvgIpc) is 2.48. The maximum absolute atomic E-state index is 10.7. The minimum Gasteiger partial charge on any atom is -0.391 e. The van der Waals surface area contributed by atoms with Crippen LogP contribution >= 0.6 is 0 Å². The molecule has 1 aliphatic rings. The van der Waals surface area contributed by atoms with Crippen LogP contribution in [0.1, 0.15) is 45.1 Å². The molecule has 0 saturated carbocycles. The number of allylic oxidation sites excluding steroid dienone is 2. The number of aliphatic hydroxyl groups is 1. The monoisotopic (exact) mass is 301 g/mol. The molecule has 1 aromatic carbocycles. The third kappa shape index (κ3) is 4.21. The van der Waals surface area contributed by atoms with Crippen LogP contribution in [0.2, 0.25) is 0 Å². The zero-order chi connectivity index (χ0) is 16.2. The first-order chi connectivity index (χ1) is 10.4. The number of hydrogen-bond acceptors (Lipinski definition) is 2. The van der Waals surface area contributed by atoms with E-state index >= 15 is 0 Å². The SMILES string of the molecule is CNCC(O)C(c1ccccc1)C1CC=CC(C(C)(C)C)C1. The van der Waals surface area contributed by atoms with Crippen molar-refractivity contribution in [2.75, 3.05) is 13.6 Å². The van der Waals surface area contributed by atoms with E-state index in [2.05, 4.69) is 62.5 Å². The zero-order valence-electron chi connectivity index (χ0n) is 14.4. The van der Waals surface area contributed by atoms with Gasteiger partial charge in [0.05, 0.1) is 6.10 Å². The fourth-order valence-corrected chi connectivity index (χ4v) is 3.67. The van der Waals surface area contributed by atoms with E-state index in [1.165, 1.54) is 5.56 Å². The quantitative estimate of drug-likeness (QED) is 0.806. The van der Waals surface area contributed by atoms with Crippen LogP contribution in [0, 0.1) is 17.3 Å². The normalized spacial score (nSPS) is 25.0. The first-order valence-corrected chi connectivity index (χ1v) is 8.47. The van der Waals surface area contributed by atoms with Gasteiger partial charge in [0.1, 0.15) is 0 Å². The molecule has 2 heteroatoms. The number of likely N-dealkylation sites (N-methyl/N-ethyl adjacent to an activating group) is 1. The first-order valence-electron chi connectivity index (χ1n) is 8.47. The van der Waals surface area contributed by atoms with Gasteiger partial charge in [-0.1, -0.05) is 63.3 Å². The second kappa shape index (κ2) is 7.43. The Morgan fingerprint density at radius 2 is 1.91 bits per heavy atom. The summed E-state index contributed by atoms with van der Waals surface area (Å²) in [5.41, 5.74) is 1.54. The molecule has 0 heterocycles. The summed E-state index contributed by atoms with van der Waals surface area (Å²) < 4.78 is 0. The Kier molecular flexibility index (Phi) is 5.82. The predicted molar refractivity (Wildman–Crippen MR) is 93.9 cm³/mol. The molecular weight excluding hydrogens is 270 g/mol. The van der Waals surface area contributed by atoms with E-state index in [4.69, 9.17) is 0 Å². The Hall–Kier alpha value is -1.12. The van der Waals surface area contributed by atoms with Gasteiger partial charge in [0, 0.05) is 12.5 Å². The second-order valence-corrected chi connectivity index (χ2v) is 7.69. The molecule has 4 atom stereocenters. The molecule has 4 unspecified atom stereocenters. The third-order valence-electron chi connectivity index (χ3n) is 5.00. The van der Waals surface area contributed by atoms with Crippen molar-refractivity contribution in [3.63, 3.8) is 0 Å². The summed E-state index contributed by atoms with van der Waals surface area (Å²) >= 11 is 0. The molecule has 2 nitrogen and oxygen atoms in total. The molecule has 0 bridgehead atoms. The Labute approximate surface area is 135 Å². The average molecular weight is 301 g/mol. The topological polar surface area (TPSA) is 32.3 Å². The standard InChI is InChI=1S/C20H31NO/c1-20(2,3)17-12-8-11-16(13-17)19(18(22)14-21-4)15-9-6-5-7-10-15/h5-10,12,16-19,21-22H,11,13-14H2,1-4H3. The maximum atomic E-state index is 10.7. The lowest BCUT2D eigenvalue weighted by atomic mass is 9.67. The van der Waals surface area contributed by atoms with Gasteiger partial charge in [0.2, 0.25) is 0 Å². The molecule has 1 aliphatic carbocycles. The predicted octanol–water partition coefficient (Wildman–Crippen LogP) is 3.98. The first kappa shape index (κ1) is 17.2. The van der Waals surface area contributed by atoms with Gasteiger partial charge in [-0.2, -0.15) is 0 Å². The number of rotatable bonds is 5. The number of nitrogens with one attached hydrogen (secondary N) is 1. The van der Waals surface area contributed by atoms with Gasteiger partial charge in [0.25, 0.3) is 0 Å². The summed E-state index contributed by atoms with van der Waals surface area (Å²) in [5, 5.41) is 13.8. The fraction of sp³-hybridized carbons (Fsp3) is 0.600. The zero-order valence-corrected chi connectivity index (χ0v) is 14.4. The van der Waals surface area contributed by atoms with Crippen molar-refractivity contribution in [2.24, 2.45) is 17.3 Å². The highest BCUT2D eigenvalue weighted by molar-refractivity contribution is 5.23. The smallest absolute Gasteiger partial charge is 0.0735 e. The van der Waals surface area contributed by atoms with Crippen molar-refractivity contribution in [3.8, 4) is 0 Å². The van der Waals surface area contributed by atoms with Crippen LogP contribution in [0.4, 0.5) is 0 Å². The van der Waals surface area contributed by atoms with Crippen molar-refractivity contribution in [1.29, 1.82) is 0 Å². The summed E-state index contributed by atoms with van der Waals surface area (Å²) in [4.78, 5) is 0. The maximum Gasteiger partial charge on any atom is 0.0735 e. The fourth-order valence-electron chi connectivity index (χ4n) is 3.67. The van der Waals surface area contributed by atoms with E-state index in [0.717, 1.165) is 12.8 Å². The molecule has 122 valence electrons. The van der Waals surface area contributed by atoms with Crippen molar-refractivity contribution in [1.82, 2.24) is 5.32 Å². The lowest BCUT2D eigenvalue weighted by Crippen LogP contribution is -2.36. The highest BCUT2D eigenvalue weighted by Gasteiger charge is 2.35. The van der Waals surface area contributed by atoms with Gasteiger partial charge in [-0.3, -0.25) is 0 Å². The second-order valence-electron chi connectivity index (χ2n) is 7.69. The van der Waals surface area contributed by atoms with Gasteiger partial charge in [0.15, 0.2) is 0 Å². The van der Waals surface area contributed by atoms with E-state index in [-0.39, 0.29) is 17.4 Å². The van der Waals surface area contributed by atoms with Crippen LogP contribution in [0.15, 0.2) is 42.5 Å². The van der Waals surface area contributed by atoms with Crippen molar-refractivity contribution >= 4 is 0 Å². The minimum absolute atomic E-state index is 0.198. The summed E-state index contributed by atoms with van der Waals surface area (Å²) in [6.45, 7) is 7.57. The molecule has 0 aromatic heterocycles. The molecule has 2 rings (SSSR count). The van der Waals surface area contributed by atoms with E-state index in [1.54, 1.807) is 0 Å². The molecule has 0 fully saturated rings. The van der Waals surface area contributed by atoms with Crippen LogP contribution in [0.3, 0.4) is 0 Å². The highest BCUT2D eigenvalue weighted by Crippen LogP contribution is 2.43. The van der Waals surface area contributed by atoms with Gasteiger partial charge in [-0.25, -0.2) is 0 Å². The summed E-state index contributed by atoms with van der Waals surface area (Å²) in [6.07, 6.45) is 6.58. The minimum atomic E-state index is -0.343. The molecule has 0 amide bonds. The van der Waals surface area contributed by atoms with E-state index in [0.29, 0.717) is 18.4 Å². The number of benzene rings is 1. The summed E-state index contributed by atoms with van der Waals surface area (Å²) in [6, 6.07) is 10.5. The highest BCUT2D eigenvalue weighted by atomic mass is 16.3. The van der Waals surface area contributed by atoms with Gasteiger partial charge >= 0.3 is 0 Å². The van der Waals surface area contributed by atoms with Crippen LogP contribution in [0.5, 0.6) is 0 Å². The lowest BCUT2D eigenvalue weighted by molar-refractivity contribution is 0.0973. The molecule has 22 heavy (non-hydrogen) atoms. The molecule has 0 saturated heterocycles. The van der Waals surface area contributed by atoms with E-state index in [1.807, 2.05) is 13.1 Å². The Bertz CT molecular complexity index is 474. The molecule has 0 aliphatic heterocycles. The van der Waals surface area contributed by atoms with Crippen LogP contribution in [-0.2, 0) is 0 Å². The van der Waals surface area contributed by atoms with Gasteiger partial charge in [-0.05, 0) is 42.7 Å². The Morgan fingerprint density at radius 3 is 2.50 bits per heavy atom. The van der Waals surface area contributed by atoms with Crippen molar-refractivity contribution in [3.05, 3.63) is 48.0 Å². The van der Waals surface area contributed by atoms with Gasteiger partial charge < -0.3 is 10.4 Å². The lowest BCUT2D eigenvalue weighted by Gasteiger charge is -2.39. The van der Waals surface area contributed by atoms with E-state index < -0.39 is 0 Å². The Morgan fingerprint density at radius 1 is 1.23 bits per heavy atom. The van der Waals surface area contributed by atoms with Crippen LogP contribution < -0.4 is 5.32 Å². The van der Waals surface area contributed by atoms with E-state index in [9.17, 15) is 5.11 Å². The Balaban J connectivity index is 2.24. The van der Waals surface area contributed by atoms with Crippen molar-refractivity contribution in [2.45, 2.75) is 45.6 Å². The molecule has 1 aromatic rings. The van der Waals surface area contributed by atoms with Crippen LogP contribution in [0.25, 0.3) is 0 Å². The summed E-state index contributed by atoms with van der Waals surface area (Å²) in [5.74, 6) is 1.28. The summed E-state index contributed by atoms with van der Waals surface area (Å²) in [7, 11) is 1.91. The molecule has 0 spiro atoms. The number of hydrogen-bond donors (Lipinski definition) is 2. The third-order valence-corrected chi connectivity index (χ3v) is 5.00. The van der Waals surface area contributed by atoms with Crippen LogP contribution in [-0.4, -0.2) is 24.8 Å². The molecule has 0 radical (unpaired) electrons. The molecular formula is C20H31NO. The molecule has 2 N–H and O–H groups in total. The number of aliphatic hydroxyl groups excluding tert-OH is 1. The van der Waals surface area contributed by atoms with Gasteiger partial charge in [-0.15, -0.1) is 0 Å². The largest absolute Gasteiger partial charge is 0.391 e.